The van der Waals surface area contributed by atoms with Crippen LogP contribution < -0.4 is 9.64 Å². The molecule has 26 heavy (non-hydrogen) atoms. The van der Waals surface area contributed by atoms with Gasteiger partial charge >= 0.3 is 6.09 Å². The Labute approximate surface area is 156 Å². The number of anilines is 1. The summed E-state index contributed by atoms with van der Waals surface area (Å²) < 4.78 is 11.5. The Bertz CT molecular complexity index is 696. The summed E-state index contributed by atoms with van der Waals surface area (Å²) in [5, 5.41) is 0. The topological polar surface area (TPSA) is 54.9 Å². The smallest absolute Gasteiger partial charge is 0.410 e. The average Bonchev–Trinajstić information content (AvgIpc) is 2.83. The lowest BCUT2D eigenvalue weighted by Gasteiger charge is -2.43. The fourth-order valence-corrected chi connectivity index (χ4v) is 3.82. The van der Waals surface area contributed by atoms with Crippen LogP contribution in [0, 0.1) is 6.92 Å². The van der Waals surface area contributed by atoms with Crippen molar-refractivity contribution in [3.63, 3.8) is 0 Å². The summed E-state index contributed by atoms with van der Waals surface area (Å²) in [4.78, 5) is 21.5. The highest BCUT2D eigenvalue weighted by Gasteiger charge is 2.41. The number of amides is 1. The number of piperazine rings is 1. The van der Waals surface area contributed by atoms with Gasteiger partial charge in [-0.2, -0.15) is 0 Å². The van der Waals surface area contributed by atoms with E-state index in [4.69, 9.17) is 14.5 Å². The molecule has 0 radical (unpaired) electrons. The Morgan fingerprint density at radius 3 is 2.62 bits per heavy atom. The molecule has 3 heterocycles. The quantitative estimate of drug-likeness (QED) is 0.806. The Morgan fingerprint density at radius 1 is 1.31 bits per heavy atom. The van der Waals surface area contributed by atoms with E-state index in [-0.39, 0.29) is 24.3 Å². The first-order valence-electron chi connectivity index (χ1n) is 9.48. The van der Waals surface area contributed by atoms with Gasteiger partial charge in [-0.05, 0) is 61.0 Å². The van der Waals surface area contributed by atoms with Gasteiger partial charge in [0.15, 0.2) is 0 Å². The molecule has 0 aliphatic carbocycles. The van der Waals surface area contributed by atoms with E-state index >= 15 is 0 Å². The molecule has 1 amide bonds. The van der Waals surface area contributed by atoms with Crippen molar-refractivity contribution in [2.75, 3.05) is 18.0 Å². The van der Waals surface area contributed by atoms with E-state index in [9.17, 15) is 4.79 Å². The molecule has 0 bridgehead atoms. The van der Waals surface area contributed by atoms with Crippen molar-refractivity contribution in [2.24, 2.45) is 0 Å². The number of hydrogen-bond acceptors (Lipinski definition) is 5. The third kappa shape index (κ3) is 3.74. The van der Waals surface area contributed by atoms with Crippen LogP contribution in [0.1, 0.15) is 52.8 Å². The molecule has 0 N–H and O–H groups in total. The minimum Gasteiger partial charge on any atom is -0.489 e. The van der Waals surface area contributed by atoms with Gasteiger partial charge < -0.3 is 19.3 Å². The maximum atomic E-state index is 12.5. The maximum Gasteiger partial charge on any atom is 0.410 e. The van der Waals surface area contributed by atoms with Gasteiger partial charge in [0, 0.05) is 24.7 Å². The Balaban J connectivity index is 1.80. The predicted molar refractivity (Wildman–Crippen MR) is 102 cm³/mol. The summed E-state index contributed by atoms with van der Waals surface area (Å²) in [6, 6.07) is 2.56. The Morgan fingerprint density at radius 2 is 2.00 bits per heavy atom. The van der Waals surface area contributed by atoms with Crippen molar-refractivity contribution in [2.45, 2.75) is 78.7 Å². The number of hydrogen-bond donors (Lipinski definition) is 0. The van der Waals surface area contributed by atoms with E-state index in [1.54, 1.807) is 0 Å². The van der Waals surface area contributed by atoms with Crippen LogP contribution in [-0.2, 0) is 11.2 Å². The van der Waals surface area contributed by atoms with Gasteiger partial charge in [-0.25, -0.2) is 9.78 Å². The van der Waals surface area contributed by atoms with E-state index in [1.165, 1.54) is 5.56 Å². The molecule has 3 rings (SSSR count). The minimum atomic E-state index is -0.474. The van der Waals surface area contributed by atoms with Crippen LogP contribution in [0.15, 0.2) is 6.07 Å². The second-order valence-electron chi connectivity index (χ2n) is 8.72. The van der Waals surface area contributed by atoms with Crippen LogP contribution in [0.25, 0.3) is 0 Å². The molecule has 1 fully saturated rings. The molecule has 2 atom stereocenters. The van der Waals surface area contributed by atoms with Gasteiger partial charge in [0.1, 0.15) is 17.2 Å². The zero-order valence-electron chi connectivity index (χ0n) is 17.0. The number of rotatable bonds is 2. The summed E-state index contributed by atoms with van der Waals surface area (Å²) in [6.07, 6.45) is 0.771. The third-order valence-electron chi connectivity index (χ3n) is 4.72. The number of aryl methyl sites for hydroxylation is 1. The summed E-state index contributed by atoms with van der Waals surface area (Å²) in [5.74, 6) is 1.90. The van der Waals surface area contributed by atoms with Crippen molar-refractivity contribution >= 4 is 11.9 Å². The number of carbonyl (C=O) groups is 1. The fourth-order valence-electron chi connectivity index (χ4n) is 3.82. The molecule has 2 aliphatic rings. The van der Waals surface area contributed by atoms with E-state index in [0.29, 0.717) is 13.1 Å². The minimum absolute atomic E-state index is 0.124. The summed E-state index contributed by atoms with van der Waals surface area (Å²) in [7, 11) is 0. The normalized spacial score (nSPS) is 22.3. The van der Waals surface area contributed by atoms with Crippen molar-refractivity contribution in [3.8, 4) is 5.75 Å². The van der Waals surface area contributed by atoms with Crippen LogP contribution in [0.2, 0.25) is 0 Å². The molecule has 144 valence electrons. The molecule has 0 aromatic carbocycles. The van der Waals surface area contributed by atoms with Crippen LogP contribution in [0.4, 0.5) is 10.6 Å². The monoisotopic (exact) mass is 361 g/mol. The molecule has 2 aliphatic heterocycles. The average molecular weight is 361 g/mol. The lowest BCUT2D eigenvalue weighted by molar-refractivity contribution is 0.0191. The number of pyridine rings is 1. The lowest BCUT2D eigenvalue weighted by Crippen LogP contribution is -2.58. The first-order valence-corrected chi connectivity index (χ1v) is 9.48. The summed E-state index contributed by atoms with van der Waals surface area (Å²) in [5.41, 5.74) is 1.65. The molecular formula is C20H31N3O3. The summed E-state index contributed by atoms with van der Waals surface area (Å²) in [6.45, 7) is 15.2. The predicted octanol–water partition coefficient (Wildman–Crippen LogP) is 3.55. The number of carbonyl (C=O) groups excluding carboxylic acids is 1. The Hall–Kier alpha value is -1.98. The fraction of sp³-hybridized carbons (Fsp3) is 0.700. The highest BCUT2D eigenvalue weighted by molar-refractivity contribution is 5.70. The standard InChI is InChI=1S/C20H31N3O3/c1-12(2)25-17-9-15-8-16-11-22(19(24)26-20(5,6)7)10-13(3)23(16)18(15)21-14(17)4/h9,12-13,16H,8,10-11H2,1-7H3/t13-,16-/m1/s1. The van der Waals surface area contributed by atoms with Gasteiger partial charge in [0.25, 0.3) is 0 Å². The van der Waals surface area contributed by atoms with Gasteiger partial charge in [-0.1, -0.05) is 0 Å². The van der Waals surface area contributed by atoms with E-state index < -0.39 is 5.60 Å². The maximum absolute atomic E-state index is 12.5. The number of ether oxygens (including phenoxy) is 2. The van der Waals surface area contributed by atoms with E-state index in [2.05, 4.69) is 17.9 Å². The van der Waals surface area contributed by atoms with Crippen molar-refractivity contribution in [1.82, 2.24) is 9.88 Å². The van der Waals surface area contributed by atoms with Crippen molar-refractivity contribution in [3.05, 3.63) is 17.3 Å². The zero-order chi connectivity index (χ0) is 19.2. The molecule has 0 unspecified atom stereocenters. The van der Waals surface area contributed by atoms with Crippen LogP contribution in [0.3, 0.4) is 0 Å². The van der Waals surface area contributed by atoms with E-state index in [0.717, 1.165) is 23.7 Å². The van der Waals surface area contributed by atoms with Gasteiger partial charge in [-0.15, -0.1) is 0 Å². The first-order chi connectivity index (χ1) is 12.0. The molecule has 0 spiro atoms. The molecule has 1 saturated heterocycles. The lowest BCUT2D eigenvalue weighted by atomic mass is 10.1. The van der Waals surface area contributed by atoms with Crippen LogP contribution >= 0.6 is 0 Å². The highest BCUT2D eigenvalue weighted by atomic mass is 16.6. The number of fused-ring (bicyclic) bond motifs is 3. The van der Waals surface area contributed by atoms with Gasteiger partial charge in [0.05, 0.1) is 17.8 Å². The molecule has 1 aromatic rings. The highest BCUT2D eigenvalue weighted by Crippen LogP contribution is 2.38. The molecule has 0 saturated carbocycles. The van der Waals surface area contributed by atoms with Gasteiger partial charge in [0.2, 0.25) is 0 Å². The number of nitrogens with zero attached hydrogens (tertiary/aromatic N) is 3. The molecule has 1 aromatic heterocycles. The van der Waals surface area contributed by atoms with Crippen molar-refractivity contribution in [1.29, 1.82) is 0 Å². The largest absolute Gasteiger partial charge is 0.489 e. The number of aromatic nitrogens is 1. The Kier molecular flexibility index (Phi) is 4.80. The second-order valence-corrected chi connectivity index (χ2v) is 8.72. The molecule has 6 nitrogen and oxygen atoms in total. The first kappa shape index (κ1) is 18.8. The molecule has 6 heteroatoms. The third-order valence-corrected chi connectivity index (χ3v) is 4.72. The van der Waals surface area contributed by atoms with Crippen molar-refractivity contribution < 1.29 is 14.3 Å². The summed E-state index contributed by atoms with van der Waals surface area (Å²) >= 11 is 0. The van der Waals surface area contributed by atoms with Crippen LogP contribution in [-0.4, -0.2) is 52.9 Å². The van der Waals surface area contributed by atoms with Gasteiger partial charge in [-0.3, -0.25) is 0 Å². The zero-order valence-corrected chi connectivity index (χ0v) is 17.0. The van der Waals surface area contributed by atoms with Crippen LogP contribution in [0.5, 0.6) is 5.75 Å². The molecular weight excluding hydrogens is 330 g/mol. The SMILES string of the molecule is Cc1nc2c(cc1OC(C)C)C[C@@H]1CN(C(=O)OC(C)(C)C)C[C@@H](C)N21. The second kappa shape index (κ2) is 6.63. The van der Waals surface area contributed by atoms with E-state index in [1.807, 2.05) is 46.4 Å².